The lowest BCUT2D eigenvalue weighted by Gasteiger charge is -2.38. The summed E-state index contributed by atoms with van der Waals surface area (Å²) in [5.41, 5.74) is 2.51. The summed E-state index contributed by atoms with van der Waals surface area (Å²) in [6.45, 7) is 4.24. The molecule has 2 heterocycles. The molecule has 0 fully saturated rings. The van der Waals surface area contributed by atoms with Crippen LogP contribution in [0.15, 0.2) is 40.7 Å². The van der Waals surface area contributed by atoms with E-state index in [2.05, 4.69) is 29.2 Å². The molecule has 1 unspecified atom stereocenters. The lowest BCUT2D eigenvalue weighted by molar-refractivity contribution is -0.118. The van der Waals surface area contributed by atoms with E-state index in [0.29, 0.717) is 22.5 Å². The second kappa shape index (κ2) is 5.88. The van der Waals surface area contributed by atoms with Crippen LogP contribution >= 0.6 is 23.4 Å². The van der Waals surface area contributed by atoms with E-state index in [1.165, 1.54) is 11.8 Å². The quantitative estimate of drug-likeness (QED) is 0.793. The minimum absolute atomic E-state index is 0.0710. The minimum Gasteiger partial charge on any atom is -0.328 e. The van der Waals surface area contributed by atoms with Crippen LogP contribution in [0.3, 0.4) is 0 Å². The van der Waals surface area contributed by atoms with Crippen LogP contribution in [-0.2, 0) is 4.79 Å². The summed E-state index contributed by atoms with van der Waals surface area (Å²) in [5.74, 6) is 0.814. The number of ketones is 1. The minimum atomic E-state index is -0.336. The Labute approximate surface area is 155 Å². The molecule has 1 aromatic carbocycles. The molecule has 5 nitrogen and oxygen atoms in total. The third-order valence-corrected chi connectivity index (χ3v) is 5.58. The number of aromatic nitrogens is 3. The Balaban J connectivity index is 1.94. The zero-order valence-corrected chi connectivity index (χ0v) is 15.9. The van der Waals surface area contributed by atoms with Crippen molar-refractivity contribution in [2.75, 3.05) is 11.6 Å². The zero-order valence-electron chi connectivity index (χ0n) is 14.3. The second-order valence-corrected chi connectivity index (χ2v) is 8.43. The molecule has 0 saturated carbocycles. The van der Waals surface area contributed by atoms with Crippen molar-refractivity contribution in [3.8, 4) is 0 Å². The van der Waals surface area contributed by atoms with Gasteiger partial charge in [-0.05, 0) is 24.2 Å². The summed E-state index contributed by atoms with van der Waals surface area (Å²) in [7, 11) is 0. The molecule has 0 spiro atoms. The van der Waals surface area contributed by atoms with Gasteiger partial charge in [0.25, 0.3) is 0 Å². The average molecular weight is 375 g/mol. The highest BCUT2D eigenvalue weighted by Gasteiger charge is 2.42. The van der Waals surface area contributed by atoms with Crippen molar-refractivity contribution in [3.63, 3.8) is 0 Å². The van der Waals surface area contributed by atoms with Crippen molar-refractivity contribution in [1.29, 1.82) is 0 Å². The van der Waals surface area contributed by atoms with E-state index in [-0.39, 0.29) is 17.2 Å². The van der Waals surface area contributed by atoms with Crippen molar-refractivity contribution in [3.05, 3.63) is 46.1 Å². The summed E-state index contributed by atoms with van der Waals surface area (Å²) in [6, 6.07) is 7.30. The van der Waals surface area contributed by atoms with Crippen molar-refractivity contribution in [1.82, 2.24) is 14.8 Å². The standard InChI is InChI=1S/C18H19ClN4OS/c1-18(2)8-12-14(13(24)9-18)15(10-6-4-5-7-11(10)19)23-16(20-12)21-17(22-23)25-3/h4-7,15H,8-9H2,1-3H3,(H,20,21,22). The maximum absolute atomic E-state index is 13.0. The van der Waals surface area contributed by atoms with E-state index in [1.807, 2.05) is 30.5 Å². The predicted molar refractivity (Wildman–Crippen MR) is 100 cm³/mol. The van der Waals surface area contributed by atoms with Crippen molar-refractivity contribution in [2.45, 2.75) is 37.9 Å². The van der Waals surface area contributed by atoms with Gasteiger partial charge in [0.2, 0.25) is 11.1 Å². The first-order valence-electron chi connectivity index (χ1n) is 8.18. The number of nitrogens with zero attached hydrogens (tertiary/aromatic N) is 3. The van der Waals surface area contributed by atoms with E-state index >= 15 is 0 Å². The molecule has 0 radical (unpaired) electrons. The van der Waals surface area contributed by atoms with Crippen LogP contribution in [0, 0.1) is 5.41 Å². The lowest BCUT2D eigenvalue weighted by atomic mass is 9.73. The molecule has 4 rings (SSSR count). The van der Waals surface area contributed by atoms with Crippen LogP contribution < -0.4 is 5.32 Å². The first-order chi connectivity index (χ1) is 11.9. The van der Waals surface area contributed by atoms with E-state index in [4.69, 9.17) is 11.6 Å². The van der Waals surface area contributed by atoms with Gasteiger partial charge >= 0.3 is 0 Å². The summed E-state index contributed by atoms with van der Waals surface area (Å²) < 4.78 is 1.79. The number of hydrogen-bond acceptors (Lipinski definition) is 5. The van der Waals surface area contributed by atoms with Crippen LogP contribution in [0.25, 0.3) is 0 Å². The van der Waals surface area contributed by atoms with Gasteiger partial charge in [0.1, 0.15) is 6.04 Å². The number of halogens is 1. The largest absolute Gasteiger partial charge is 0.328 e. The Morgan fingerprint density at radius 2 is 2.08 bits per heavy atom. The van der Waals surface area contributed by atoms with Gasteiger partial charge in [0.15, 0.2) is 5.78 Å². The van der Waals surface area contributed by atoms with Crippen molar-refractivity contribution >= 4 is 35.1 Å². The number of thioether (sulfide) groups is 1. The predicted octanol–water partition coefficient (Wildman–Crippen LogP) is 4.31. The van der Waals surface area contributed by atoms with Gasteiger partial charge in [0, 0.05) is 28.3 Å². The molecule has 1 atom stereocenters. The molecule has 0 saturated heterocycles. The highest BCUT2D eigenvalue weighted by atomic mass is 35.5. The van der Waals surface area contributed by atoms with Gasteiger partial charge in [-0.15, -0.1) is 5.10 Å². The second-order valence-electron chi connectivity index (χ2n) is 7.25. The Morgan fingerprint density at radius 3 is 2.80 bits per heavy atom. The first-order valence-corrected chi connectivity index (χ1v) is 9.78. The molecule has 0 bridgehead atoms. The Hall–Kier alpha value is -1.79. The molecule has 1 N–H and O–H groups in total. The van der Waals surface area contributed by atoms with Crippen LogP contribution in [0.5, 0.6) is 0 Å². The molecule has 2 aromatic rings. The van der Waals surface area contributed by atoms with Crippen LogP contribution in [-0.4, -0.2) is 26.8 Å². The highest BCUT2D eigenvalue weighted by molar-refractivity contribution is 7.98. The first kappa shape index (κ1) is 16.7. The number of benzene rings is 1. The maximum atomic E-state index is 13.0. The molecular formula is C18H19ClN4OS. The molecular weight excluding hydrogens is 356 g/mol. The van der Waals surface area contributed by atoms with Gasteiger partial charge in [-0.1, -0.05) is 55.4 Å². The molecule has 0 amide bonds. The zero-order chi connectivity index (χ0) is 17.8. The monoisotopic (exact) mass is 374 g/mol. The van der Waals surface area contributed by atoms with Crippen LogP contribution in [0.1, 0.15) is 38.3 Å². The van der Waals surface area contributed by atoms with Crippen molar-refractivity contribution < 1.29 is 4.79 Å². The average Bonchev–Trinajstić information content (AvgIpc) is 2.95. The number of allylic oxidation sites excluding steroid dienone is 2. The Morgan fingerprint density at radius 1 is 1.32 bits per heavy atom. The number of fused-ring (bicyclic) bond motifs is 1. The van der Waals surface area contributed by atoms with Gasteiger partial charge in [-0.2, -0.15) is 4.98 Å². The van der Waals surface area contributed by atoms with Gasteiger partial charge < -0.3 is 5.32 Å². The molecule has 7 heteroatoms. The summed E-state index contributed by atoms with van der Waals surface area (Å²) in [5, 5.41) is 9.24. The normalized spacial score (nSPS) is 21.6. The van der Waals surface area contributed by atoms with E-state index < -0.39 is 0 Å². The smallest absolute Gasteiger partial charge is 0.227 e. The fourth-order valence-electron chi connectivity index (χ4n) is 3.66. The summed E-state index contributed by atoms with van der Waals surface area (Å²) in [6.07, 6.45) is 3.26. The van der Waals surface area contributed by atoms with Gasteiger partial charge in [0.05, 0.1) is 0 Å². The number of rotatable bonds is 2. The summed E-state index contributed by atoms with van der Waals surface area (Å²) in [4.78, 5) is 17.6. The number of Topliss-reactive ketones (excluding diaryl/α,β-unsaturated/α-hetero) is 1. The van der Waals surface area contributed by atoms with E-state index in [9.17, 15) is 4.79 Å². The highest BCUT2D eigenvalue weighted by Crippen LogP contribution is 2.46. The number of anilines is 1. The van der Waals surface area contributed by atoms with Crippen molar-refractivity contribution in [2.24, 2.45) is 5.41 Å². The summed E-state index contributed by atoms with van der Waals surface area (Å²) >= 11 is 7.96. The third kappa shape index (κ3) is 2.77. The van der Waals surface area contributed by atoms with Gasteiger partial charge in [-0.3, -0.25) is 4.79 Å². The Kier molecular flexibility index (Phi) is 3.92. The van der Waals surface area contributed by atoms with Gasteiger partial charge in [-0.25, -0.2) is 4.68 Å². The lowest BCUT2D eigenvalue weighted by Crippen LogP contribution is -2.36. The van der Waals surface area contributed by atoms with Crippen LogP contribution in [0.4, 0.5) is 5.95 Å². The number of hydrogen-bond donors (Lipinski definition) is 1. The van der Waals surface area contributed by atoms with E-state index in [0.717, 1.165) is 23.3 Å². The number of carbonyl (C=O) groups is 1. The molecule has 25 heavy (non-hydrogen) atoms. The fraction of sp³-hybridized carbons (Fsp3) is 0.389. The third-order valence-electron chi connectivity index (χ3n) is 4.69. The Bertz CT molecular complexity index is 902. The molecule has 1 aromatic heterocycles. The molecule has 1 aliphatic carbocycles. The molecule has 1 aliphatic heterocycles. The number of carbonyl (C=O) groups excluding carboxylic acids is 1. The maximum Gasteiger partial charge on any atom is 0.227 e. The SMILES string of the molecule is CSc1nc2n(n1)C(c1ccccc1Cl)C1=C(CC(C)(C)CC1=O)N2. The van der Waals surface area contributed by atoms with E-state index in [1.54, 1.807) is 4.68 Å². The number of nitrogens with one attached hydrogen (secondary N) is 1. The molecule has 2 aliphatic rings. The fourth-order valence-corrected chi connectivity index (χ4v) is 4.25. The van der Waals surface area contributed by atoms with Crippen LogP contribution in [0.2, 0.25) is 5.02 Å². The topological polar surface area (TPSA) is 59.8 Å². The molecule has 130 valence electrons.